The molecule has 0 aliphatic rings. The van der Waals surface area contributed by atoms with E-state index in [1.54, 1.807) is 20.8 Å². The Hall–Kier alpha value is -3.16. The van der Waals surface area contributed by atoms with Crippen molar-refractivity contribution in [3.63, 3.8) is 0 Å². The first-order valence-electron chi connectivity index (χ1n) is 8.76. The molecule has 4 N–H and O–H groups in total. The van der Waals surface area contributed by atoms with Crippen LogP contribution < -0.4 is 0 Å². The van der Waals surface area contributed by atoms with Crippen molar-refractivity contribution in [2.45, 2.75) is 47.0 Å². The molecule has 0 aliphatic carbocycles. The second kappa shape index (κ2) is 11.5. The zero-order valence-corrected chi connectivity index (χ0v) is 16.4. The maximum atomic E-state index is 11.8. The van der Waals surface area contributed by atoms with Gasteiger partial charge < -0.3 is 20.4 Å². The molecule has 8 nitrogen and oxygen atoms in total. The Labute approximate surface area is 163 Å². The molecule has 0 spiro atoms. The predicted octanol–water partition coefficient (Wildman–Crippen LogP) is 3.27. The summed E-state index contributed by atoms with van der Waals surface area (Å²) in [5.41, 5.74) is -0.518. The van der Waals surface area contributed by atoms with Gasteiger partial charge in [0.15, 0.2) is 0 Å². The Balaban J connectivity index is 6.82. The molecule has 1 unspecified atom stereocenters. The average Bonchev–Trinajstić information content (AvgIpc) is 2.60. The summed E-state index contributed by atoms with van der Waals surface area (Å²) in [5.74, 6) is -5.86. The third kappa shape index (κ3) is 7.22. The molecule has 0 aromatic carbocycles. The fourth-order valence-electron chi connectivity index (χ4n) is 2.49. The molecule has 0 aliphatic heterocycles. The lowest BCUT2D eigenvalue weighted by Gasteiger charge is -2.14. The molecule has 28 heavy (non-hydrogen) atoms. The summed E-state index contributed by atoms with van der Waals surface area (Å²) in [4.78, 5) is 45.8. The molecule has 0 aromatic heterocycles. The van der Waals surface area contributed by atoms with Gasteiger partial charge in [0.1, 0.15) is 0 Å². The molecular weight excluding hydrogens is 368 g/mol. The van der Waals surface area contributed by atoms with E-state index < -0.39 is 29.8 Å². The SMILES string of the molecule is CCC(=CC(C=C(C(=O)O)C(C=C(C)C(=O)O)CC)=C(CC)C(=O)O)C(=O)O. The fourth-order valence-corrected chi connectivity index (χ4v) is 2.49. The second-order valence-corrected chi connectivity index (χ2v) is 6.00. The summed E-state index contributed by atoms with van der Waals surface area (Å²) < 4.78 is 0. The van der Waals surface area contributed by atoms with Crippen molar-refractivity contribution in [1.29, 1.82) is 0 Å². The highest BCUT2D eigenvalue weighted by atomic mass is 16.4. The van der Waals surface area contributed by atoms with Crippen LogP contribution in [0.3, 0.4) is 0 Å². The lowest BCUT2D eigenvalue weighted by Crippen LogP contribution is -2.13. The molecule has 8 heteroatoms. The number of carbonyl (C=O) groups is 4. The van der Waals surface area contributed by atoms with E-state index in [0.717, 1.165) is 12.2 Å². The van der Waals surface area contributed by atoms with Crippen LogP contribution in [0.2, 0.25) is 0 Å². The number of carboxylic acids is 4. The molecule has 0 amide bonds. The molecule has 0 rings (SSSR count). The Morgan fingerprint density at radius 3 is 1.68 bits per heavy atom. The Bertz CT molecular complexity index is 765. The third-order valence-electron chi connectivity index (χ3n) is 4.13. The summed E-state index contributed by atoms with van der Waals surface area (Å²) in [6.45, 7) is 6.14. The first-order valence-corrected chi connectivity index (χ1v) is 8.76. The minimum atomic E-state index is -1.35. The van der Waals surface area contributed by atoms with Crippen molar-refractivity contribution in [2.75, 3.05) is 0 Å². The zero-order chi connectivity index (χ0) is 22.0. The largest absolute Gasteiger partial charge is 0.478 e. The van der Waals surface area contributed by atoms with Crippen LogP contribution in [0.1, 0.15) is 47.0 Å². The first-order chi connectivity index (χ1) is 13.0. The van der Waals surface area contributed by atoms with Gasteiger partial charge >= 0.3 is 23.9 Å². The minimum Gasteiger partial charge on any atom is -0.478 e. The topological polar surface area (TPSA) is 149 Å². The van der Waals surface area contributed by atoms with E-state index >= 15 is 0 Å². The summed E-state index contributed by atoms with van der Waals surface area (Å²) in [5, 5.41) is 37.3. The minimum absolute atomic E-state index is 0.0357. The normalized spacial score (nSPS) is 14.9. The van der Waals surface area contributed by atoms with Crippen LogP contribution in [-0.4, -0.2) is 44.3 Å². The van der Waals surface area contributed by atoms with Crippen LogP contribution in [-0.2, 0) is 19.2 Å². The van der Waals surface area contributed by atoms with Gasteiger partial charge in [-0.2, -0.15) is 0 Å². The summed E-state index contributed by atoms with van der Waals surface area (Å²) in [7, 11) is 0. The van der Waals surface area contributed by atoms with Crippen molar-refractivity contribution in [1.82, 2.24) is 0 Å². The van der Waals surface area contributed by atoms with Gasteiger partial charge in [0.2, 0.25) is 0 Å². The van der Waals surface area contributed by atoms with Gasteiger partial charge in [-0.05, 0) is 43.9 Å². The van der Waals surface area contributed by atoms with Crippen LogP contribution in [0, 0.1) is 5.92 Å². The highest BCUT2D eigenvalue weighted by molar-refractivity contribution is 5.94. The van der Waals surface area contributed by atoms with Crippen LogP contribution in [0.5, 0.6) is 0 Å². The van der Waals surface area contributed by atoms with Crippen molar-refractivity contribution in [3.8, 4) is 0 Å². The molecule has 0 bridgehead atoms. The number of hydrogen-bond acceptors (Lipinski definition) is 4. The van der Waals surface area contributed by atoms with E-state index in [1.165, 1.54) is 13.0 Å². The molecule has 154 valence electrons. The monoisotopic (exact) mass is 394 g/mol. The van der Waals surface area contributed by atoms with Crippen LogP contribution >= 0.6 is 0 Å². The van der Waals surface area contributed by atoms with E-state index in [1.807, 2.05) is 0 Å². The number of aliphatic carboxylic acids is 4. The molecular formula is C20H26O8. The first kappa shape index (κ1) is 24.8. The van der Waals surface area contributed by atoms with Crippen molar-refractivity contribution in [2.24, 2.45) is 5.92 Å². The Kier molecular flexibility index (Phi) is 10.2. The summed E-state index contributed by atoms with van der Waals surface area (Å²) in [6.07, 6.45) is 3.97. The maximum absolute atomic E-state index is 11.8. The predicted molar refractivity (Wildman–Crippen MR) is 102 cm³/mol. The maximum Gasteiger partial charge on any atom is 0.332 e. The lowest BCUT2D eigenvalue weighted by molar-refractivity contribution is -0.134. The smallest absolute Gasteiger partial charge is 0.332 e. The molecule has 0 fully saturated rings. The number of allylic oxidation sites excluding steroid dienone is 4. The quantitative estimate of drug-likeness (QED) is 0.308. The number of hydrogen-bond donors (Lipinski definition) is 4. The standard InChI is InChI=1S/C20H26O8/c1-5-12(8-11(4)17(21)22)16(20(27)28)10-14(15(7-3)19(25)26)9-13(6-2)18(23)24/h8-10,12H,5-7H2,1-4H3,(H,21,22)(H,23,24)(H,25,26)(H,27,28). The van der Waals surface area contributed by atoms with Crippen LogP contribution in [0.25, 0.3) is 0 Å². The van der Waals surface area contributed by atoms with E-state index in [-0.39, 0.29) is 47.1 Å². The highest BCUT2D eigenvalue weighted by Gasteiger charge is 2.21. The van der Waals surface area contributed by atoms with Gasteiger partial charge in [-0.25, -0.2) is 19.2 Å². The molecule has 0 saturated heterocycles. The van der Waals surface area contributed by atoms with E-state index in [4.69, 9.17) is 5.11 Å². The second-order valence-electron chi connectivity index (χ2n) is 6.00. The molecule has 0 heterocycles. The van der Waals surface area contributed by atoms with Crippen molar-refractivity contribution in [3.05, 3.63) is 46.1 Å². The number of carboxylic acid groups (broad SMARTS) is 4. The van der Waals surface area contributed by atoms with Gasteiger partial charge in [0.05, 0.1) is 0 Å². The summed E-state index contributed by atoms with van der Waals surface area (Å²) >= 11 is 0. The lowest BCUT2D eigenvalue weighted by atomic mass is 9.90. The van der Waals surface area contributed by atoms with Gasteiger partial charge in [0.25, 0.3) is 0 Å². The summed E-state index contributed by atoms with van der Waals surface area (Å²) in [6, 6.07) is 0. The van der Waals surface area contributed by atoms with E-state index in [2.05, 4.69) is 0 Å². The molecule has 0 radical (unpaired) electrons. The molecule has 0 aromatic rings. The van der Waals surface area contributed by atoms with E-state index in [9.17, 15) is 34.5 Å². The Morgan fingerprint density at radius 1 is 0.786 bits per heavy atom. The van der Waals surface area contributed by atoms with Crippen LogP contribution in [0.4, 0.5) is 0 Å². The van der Waals surface area contributed by atoms with Gasteiger partial charge in [0, 0.05) is 28.2 Å². The van der Waals surface area contributed by atoms with Gasteiger partial charge in [-0.3, -0.25) is 0 Å². The van der Waals surface area contributed by atoms with Crippen LogP contribution in [0.15, 0.2) is 46.1 Å². The van der Waals surface area contributed by atoms with E-state index in [0.29, 0.717) is 0 Å². The molecule has 0 saturated carbocycles. The third-order valence-corrected chi connectivity index (χ3v) is 4.13. The highest BCUT2D eigenvalue weighted by Crippen LogP contribution is 2.24. The number of rotatable bonds is 11. The van der Waals surface area contributed by atoms with Gasteiger partial charge in [-0.15, -0.1) is 0 Å². The van der Waals surface area contributed by atoms with Gasteiger partial charge in [-0.1, -0.05) is 26.8 Å². The fraction of sp³-hybridized carbons (Fsp3) is 0.400. The zero-order valence-electron chi connectivity index (χ0n) is 16.4. The van der Waals surface area contributed by atoms with Crippen molar-refractivity contribution < 1.29 is 39.6 Å². The van der Waals surface area contributed by atoms with Crippen molar-refractivity contribution >= 4 is 23.9 Å². The average molecular weight is 394 g/mol. The Morgan fingerprint density at radius 2 is 1.36 bits per heavy atom. The molecule has 1 atom stereocenters.